The Morgan fingerprint density at radius 3 is 2.29 bits per heavy atom. The Morgan fingerprint density at radius 1 is 0.903 bits per heavy atom. The second kappa shape index (κ2) is 8.85. The molecule has 0 unspecified atom stereocenters. The second-order valence-electron chi connectivity index (χ2n) is 6.75. The van der Waals surface area contributed by atoms with Crippen molar-refractivity contribution < 1.29 is 19.1 Å². The summed E-state index contributed by atoms with van der Waals surface area (Å²) in [6, 6.07) is 22.1. The molecule has 0 spiro atoms. The molecule has 31 heavy (non-hydrogen) atoms. The van der Waals surface area contributed by atoms with Gasteiger partial charge in [0.25, 0.3) is 11.8 Å². The van der Waals surface area contributed by atoms with Crippen LogP contribution in [0.15, 0.2) is 84.4 Å². The van der Waals surface area contributed by atoms with Crippen LogP contribution in [-0.2, 0) is 16.2 Å². The topological polar surface area (TPSA) is 75.7 Å². The molecule has 0 bridgehead atoms. The number of benzene rings is 3. The van der Waals surface area contributed by atoms with Crippen LogP contribution >= 0.6 is 11.6 Å². The molecule has 0 radical (unpaired) electrons. The minimum absolute atomic E-state index is 0.199. The Morgan fingerprint density at radius 2 is 1.58 bits per heavy atom. The van der Waals surface area contributed by atoms with Crippen molar-refractivity contribution >= 4 is 41.2 Å². The average molecular weight is 433 g/mol. The monoisotopic (exact) mass is 432 g/mol. The first-order valence-corrected chi connectivity index (χ1v) is 9.83. The number of anilines is 1. The summed E-state index contributed by atoms with van der Waals surface area (Å²) in [5.74, 6) is -1.06. The van der Waals surface area contributed by atoms with Crippen molar-refractivity contribution in [1.82, 2.24) is 5.32 Å². The van der Waals surface area contributed by atoms with Gasteiger partial charge in [-0.15, -0.1) is 0 Å². The summed E-state index contributed by atoms with van der Waals surface area (Å²) in [4.78, 5) is 38.7. The predicted octanol–water partition coefficient (Wildman–Crippen LogP) is 4.59. The Labute approximate surface area is 183 Å². The number of hydrogen-bond acceptors (Lipinski definition) is 4. The van der Waals surface area contributed by atoms with Gasteiger partial charge in [0, 0.05) is 10.6 Å². The van der Waals surface area contributed by atoms with E-state index in [1.54, 1.807) is 48.5 Å². The number of barbiturate groups is 1. The molecule has 7 heteroatoms. The Hall–Kier alpha value is -3.90. The molecule has 1 aliphatic heterocycles. The standard InChI is InChI=1S/C24H17ClN2O4/c25-18-11-12-21(31-15-16-7-3-1-4-8-16)17(13-18)14-20-22(28)26-24(30)27(23(20)29)19-9-5-2-6-10-19/h1-14H,15H2,(H,26,28,30)/b20-14+. The highest BCUT2D eigenvalue weighted by molar-refractivity contribution is 6.39. The first-order chi connectivity index (χ1) is 15.0. The minimum atomic E-state index is -0.801. The van der Waals surface area contributed by atoms with Gasteiger partial charge in [0.05, 0.1) is 5.69 Å². The third kappa shape index (κ3) is 4.49. The van der Waals surface area contributed by atoms with Gasteiger partial charge in [-0.05, 0) is 42.0 Å². The normalized spacial score (nSPS) is 15.2. The average Bonchev–Trinajstić information content (AvgIpc) is 2.77. The largest absolute Gasteiger partial charge is 0.488 e. The Balaban J connectivity index is 1.68. The second-order valence-corrected chi connectivity index (χ2v) is 7.19. The van der Waals surface area contributed by atoms with Crippen LogP contribution in [0.25, 0.3) is 6.08 Å². The molecule has 0 saturated carbocycles. The lowest BCUT2D eigenvalue weighted by Crippen LogP contribution is -2.54. The molecule has 0 aromatic heterocycles. The van der Waals surface area contributed by atoms with Crippen molar-refractivity contribution in [2.24, 2.45) is 0 Å². The van der Waals surface area contributed by atoms with Gasteiger partial charge in [-0.25, -0.2) is 9.69 Å². The smallest absolute Gasteiger partial charge is 0.335 e. The SMILES string of the molecule is O=C1NC(=O)N(c2ccccc2)C(=O)/C1=C/c1cc(Cl)ccc1OCc1ccccc1. The van der Waals surface area contributed by atoms with Gasteiger partial charge in [-0.3, -0.25) is 14.9 Å². The van der Waals surface area contributed by atoms with E-state index >= 15 is 0 Å². The van der Waals surface area contributed by atoms with Crippen LogP contribution in [0.5, 0.6) is 5.75 Å². The fourth-order valence-corrected chi connectivity index (χ4v) is 3.30. The van der Waals surface area contributed by atoms with Gasteiger partial charge in [-0.2, -0.15) is 0 Å². The number of rotatable bonds is 5. The fourth-order valence-electron chi connectivity index (χ4n) is 3.12. The van der Waals surface area contributed by atoms with E-state index in [9.17, 15) is 14.4 Å². The van der Waals surface area contributed by atoms with Crippen molar-refractivity contribution in [2.45, 2.75) is 6.61 Å². The van der Waals surface area contributed by atoms with E-state index < -0.39 is 17.8 Å². The lowest BCUT2D eigenvalue weighted by molar-refractivity contribution is -0.122. The zero-order chi connectivity index (χ0) is 21.8. The summed E-state index contributed by atoms with van der Waals surface area (Å²) in [6.07, 6.45) is 1.38. The molecule has 1 fully saturated rings. The van der Waals surface area contributed by atoms with Crippen LogP contribution in [-0.4, -0.2) is 17.8 Å². The van der Waals surface area contributed by atoms with Crippen LogP contribution in [0.4, 0.5) is 10.5 Å². The molecular weight excluding hydrogens is 416 g/mol. The molecule has 4 amide bonds. The summed E-state index contributed by atoms with van der Waals surface area (Å²) in [6.45, 7) is 0.299. The summed E-state index contributed by atoms with van der Waals surface area (Å²) >= 11 is 6.14. The number of nitrogens with one attached hydrogen (secondary N) is 1. The van der Waals surface area contributed by atoms with E-state index in [-0.39, 0.29) is 5.57 Å². The molecule has 154 valence electrons. The number of carbonyl (C=O) groups is 3. The van der Waals surface area contributed by atoms with Gasteiger partial charge >= 0.3 is 6.03 Å². The molecule has 3 aromatic rings. The van der Waals surface area contributed by atoms with Crippen LogP contribution in [0, 0.1) is 0 Å². The van der Waals surface area contributed by atoms with Crippen molar-refractivity contribution in [1.29, 1.82) is 0 Å². The summed E-state index contributed by atoms with van der Waals surface area (Å²) in [7, 11) is 0. The van der Waals surface area contributed by atoms with E-state index in [0.717, 1.165) is 10.5 Å². The van der Waals surface area contributed by atoms with Crippen LogP contribution in [0.3, 0.4) is 0 Å². The molecular formula is C24H17ClN2O4. The van der Waals surface area contributed by atoms with Gasteiger partial charge in [-0.1, -0.05) is 60.1 Å². The third-order valence-corrected chi connectivity index (χ3v) is 4.86. The highest BCUT2D eigenvalue weighted by atomic mass is 35.5. The van der Waals surface area contributed by atoms with E-state index in [1.165, 1.54) is 6.08 Å². The number of ether oxygens (including phenoxy) is 1. The summed E-state index contributed by atoms with van der Waals surface area (Å²) < 4.78 is 5.90. The maximum absolute atomic E-state index is 13.0. The van der Waals surface area contributed by atoms with E-state index in [0.29, 0.717) is 28.6 Å². The predicted molar refractivity (Wildman–Crippen MR) is 118 cm³/mol. The number of carbonyl (C=O) groups excluding carboxylic acids is 3. The quantitative estimate of drug-likeness (QED) is 0.472. The molecule has 6 nitrogen and oxygen atoms in total. The molecule has 1 aliphatic rings. The maximum Gasteiger partial charge on any atom is 0.335 e. The maximum atomic E-state index is 13.0. The van der Waals surface area contributed by atoms with Gasteiger partial charge in [0.15, 0.2) is 0 Å². The number of para-hydroxylation sites is 1. The number of urea groups is 1. The molecule has 3 aromatic carbocycles. The Bertz CT molecular complexity index is 1180. The zero-order valence-electron chi connectivity index (χ0n) is 16.2. The number of amides is 4. The van der Waals surface area contributed by atoms with Gasteiger partial charge < -0.3 is 4.74 Å². The van der Waals surface area contributed by atoms with Crippen LogP contribution in [0.2, 0.25) is 5.02 Å². The van der Waals surface area contributed by atoms with Crippen molar-refractivity contribution in [2.75, 3.05) is 4.90 Å². The first-order valence-electron chi connectivity index (χ1n) is 9.46. The third-order valence-electron chi connectivity index (χ3n) is 4.62. The molecule has 0 aliphatic carbocycles. The number of nitrogens with zero attached hydrogens (tertiary/aromatic N) is 1. The van der Waals surface area contributed by atoms with E-state index in [1.807, 2.05) is 30.3 Å². The fraction of sp³-hybridized carbons (Fsp3) is 0.0417. The molecule has 0 atom stereocenters. The summed E-state index contributed by atoms with van der Waals surface area (Å²) in [5, 5.41) is 2.62. The van der Waals surface area contributed by atoms with Crippen molar-refractivity contribution in [3.63, 3.8) is 0 Å². The van der Waals surface area contributed by atoms with Crippen LogP contribution in [0.1, 0.15) is 11.1 Å². The highest BCUT2D eigenvalue weighted by Crippen LogP contribution is 2.28. The van der Waals surface area contributed by atoms with Crippen LogP contribution < -0.4 is 15.0 Å². The number of halogens is 1. The van der Waals surface area contributed by atoms with Gasteiger partial charge in [0.2, 0.25) is 0 Å². The molecule has 1 N–H and O–H groups in total. The first kappa shape index (κ1) is 20.4. The molecule has 1 saturated heterocycles. The summed E-state index contributed by atoms with van der Waals surface area (Å²) in [5.41, 5.74) is 1.57. The lowest BCUT2D eigenvalue weighted by atomic mass is 10.1. The zero-order valence-corrected chi connectivity index (χ0v) is 17.0. The van der Waals surface area contributed by atoms with Crippen molar-refractivity contribution in [3.05, 3.63) is 101 Å². The minimum Gasteiger partial charge on any atom is -0.488 e. The lowest BCUT2D eigenvalue weighted by Gasteiger charge is -2.26. The van der Waals surface area contributed by atoms with Gasteiger partial charge in [0.1, 0.15) is 17.9 Å². The molecule has 4 rings (SSSR count). The van der Waals surface area contributed by atoms with E-state index in [2.05, 4.69) is 5.32 Å². The molecule has 1 heterocycles. The number of hydrogen-bond donors (Lipinski definition) is 1. The van der Waals surface area contributed by atoms with Crippen molar-refractivity contribution in [3.8, 4) is 5.75 Å². The number of imide groups is 2. The van der Waals surface area contributed by atoms with E-state index in [4.69, 9.17) is 16.3 Å². The Kier molecular flexibility index (Phi) is 5.82. The highest BCUT2D eigenvalue weighted by Gasteiger charge is 2.36.